The number of hydrogen-bond acceptors (Lipinski definition) is 4. The van der Waals surface area contributed by atoms with Gasteiger partial charge in [0.15, 0.2) is 0 Å². The second kappa shape index (κ2) is 4.49. The Labute approximate surface area is 108 Å². The topological polar surface area (TPSA) is 42.2 Å². The lowest BCUT2D eigenvalue weighted by atomic mass is 10.2. The molecule has 0 unspecified atom stereocenters. The van der Waals surface area contributed by atoms with Gasteiger partial charge in [-0.2, -0.15) is 0 Å². The average molecular weight is 294 g/mol. The summed E-state index contributed by atoms with van der Waals surface area (Å²) < 4.78 is 6.68. The molecule has 1 aromatic carbocycles. The first-order chi connectivity index (χ1) is 8.34. The third-order valence-electron chi connectivity index (χ3n) is 2.90. The molecular formula is C12H12BrN3O. The van der Waals surface area contributed by atoms with Crippen molar-refractivity contribution in [1.29, 1.82) is 0 Å². The van der Waals surface area contributed by atoms with Gasteiger partial charge < -0.3 is 9.32 Å². The third kappa shape index (κ3) is 2.07. The Balaban J connectivity index is 1.92. The largest absolute Gasteiger partial charge is 0.403 e. The lowest BCUT2D eigenvalue weighted by Gasteiger charge is -2.09. The first kappa shape index (κ1) is 10.8. The summed E-state index contributed by atoms with van der Waals surface area (Å²) in [5, 5.41) is 8.21. The van der Waals surface area contributed by atoms with Crippen LogP contribution in [0.5, 0.6) is 0 Å². The molecule has 0 radical (unpaired) electrons. The molecule has 0 atom stereocenters. The Hall–Kier alpha value is -1.36. The number of rotatable bonds is 2. The highest BCUT2D eigenvalue weighted by molar-refractivity contribution is 9.10. The van der Waals surface area contributed by atoms with E-state index >= 15 is 0 Å². The number of anilines is 1. The van der Waals surface area contributed by atoms with Gasteiger partial charge in [0.2, 0.25) is 0 Å². The summed E-state index contributed by atoms with van der Waals surface area (Å²) in [6.45, 7) is 2.02. The van der Waals surface area contributed by atoms with Gasteiger partial charge in [0.25, 0.3) is 5.89 Å². The number of benzene rings is 1. The highest BCUT2D eigenvalue weighted by atomic mass is 79.9. The van der Waals surface area contributed by atoms with Crippen LogP contribution in [0.4, 0.5) is 6.01 Å². The zero-order chi connectivity index (χ0) is 11.7. The summed E-state index contributed by atoms with van der Waals surface area (Å²) in [7, 11) is 0. The van der Waals surface area contributed by atoms with E-state index in [0.717, 1.165) is 23.1 Å². The van der Waals surface area contributed by atoms with Crippen molar-refractivity contribution in [3.63, 3.8) is 0 Å². The average Bonchev–Trinajstić information content (AvgIpc) is 3.00. The Morgan fingerprint density at radius 2 is 1.88 bits per heavy atom. The molecule has 0 spiro atoms. The third-order valence-corrected chi connectivity index (χ3v) is 3.59. The van der Waals surface area contributed by atoms with E-state index in [1.807, 2.05) is 24.3 Å². The predicted molar refractivity (Wildman–Crippen MR) is 68.9 cm³/mol. The van der Waals surface area contributed by atoms with Crippen LogP contribution in [0.15, 0.2) is 33.2 Å². The minimum absolute atomic E-state index is 0.569. The molecule has 1 aromatic heterocycles. The van der Waals surface area contributed by atoms with Gasteiger partial charge in [-0.3, -0.25) is 0 Å². The Morgan fingerprint density at radius 1 is 1.12 bits per heavy atom. The molecule has 1 aliphatic rings. The van der Waals surface area contributed by atoms with Crippen LogP contribution in [-0.2, 0) is 0 Å². The van der Waals surface area contributed by atoms with Crippen molar-refractivity contribution in [1.82, 2.24) is 10.2 Å². The van der Waals surface area contributed by atoms with Gasteiger partial charge in [-0.05, 0) is 40.9 Å². The summed E-state index contributed by atoms with van der Waals surface area (Å²) in [4.78, 5) is 2.13. The lowest BCUT2D eigenvalue weighted by Crippen LogP contribution is -2.17. The molecule has 5 heteroatoms. The van der Waals surface area contributed by atoms with Crippen molar-refractivity contribution in [3.05, 3.63) is 28.7 Å². The van der Waals surface area contributed by atoms with Crippen molar-refractivity contribution in [2.45, 2.75) is 12.8 Å². The summed E-state index contributed by atoms with van der Waals surface area (Å²) in [6.07, 6.45) is 2.40. The van der Waals surface area contributed by atoms with Crippen LogP contribution in [0.25, 0.3) is 11.5 Å². The monoisotopic (exact) mass is 293 g/mol. The second-order valence-electron chi connectivity index (χ2n) is 4.06. The van der Waals surface area contributed by atoms with E-state index in [4.69, 9.17) is 4.42 Å². The zero-order valence-electron chi connectivity index (χ0n) is 9.27. The molecule has 2 heterocycles. The highest BCUT2D eigenvalue weighted by Gasteiger charge is 2.19. The minimum Gasteiger partial charge on any atom is -0.403 e. The second-order valence-corrected chi connectivity index (χ2v) is 4.92. The fraction of sp³-hybridized carbons (Fsp3) is 0.333. The normalized spacial score (nSPS) is 15.5. The van der Waals surface area contributed by atoms with E-state index in [2.05, 4.69) is 31.0 Å². The van der Waals surface area contributed by atoms with Gasteiger partial charge >= 0.3 is 6.01 Å². The molecule has 1 saturated heterocycles. The Morgan fingerprint density at radius 3 is 2.65 bits per heavy atom. The molecule has 3 rings (SSSR count). The standard InChI is InChI=1S/C12H12BrN3O/c13-10-6-2-1-5-9(10)11-14-15-12(17-11)16-7-3-4-8-16/h1-2,5-6H,3-4,7-8H2. The van der Waals surface area contributed by atoms with Gasteiger partial charge in [-0.1, -0.05) is 17.2 Å². The van der Waals surface area contributed by atoms with E-state index in [9.17, 15) is 0 Å². The Kier molecular flexibility index (Phi) is 2.84. The first-order valence-corrected chi connectivity index (χ1v) is 6.47. The first-order valence-electron chi connectivity index (χ1n) is 5.68. The van der Waals surface area contributed by atoms with Crippen molar-refractivity contribution in [3.8, 4) is 11.5 Å². The van der Waals surface area contributed by atoms with E-state index < -0.39 is 0 Å². The fourth-order valence-electron chi connectivity index (χ4n) is 2.00. The number of halogens is 1. The van der Waals surface area contributed by atoms with Crippen LogP contribution in [0.2, 0.25) is 0 Å². The summed E-state index contributed by atoms with van der Waals surface area (Å²) in [5.74, 6) is 0.569. The smallest absolute Gasteiger partial charge is 0.318 e. The van der Waals surface area contributed by atoms with Crippen LogP contribution in [0, 0.1) is 0 Å². The maximum atomic E-state index is 5.71. The van der Waals surface area contributed by atoms with Gasteiger partial charge in [0.1, 0.15) is 0 Å². The fourth-order valence-corrected chi connectivity index (χ4v) is 2.45. The summed E-state index contributed by atoms with van der Waals surface area (Å²) in [6, 6.07) is 8.49. The van der Waals surface area contributed by atoms with E-state index in [0.29, 0.717) is 11.9 Å². The van der Waals surface area contributed by atoms with Crippen LogP contribution in [-0.4, -0.2) is 23.3 Å². The zero-order valence-corrected chi connectivity index (χ0v) is 10.9. The molecule has 4 nitrogen and oxygen atoms in total. The van der Waals surface area contributed by atoms with Gasteiger partial charge in [0.05, 0.1) is 5.56 Å². The lowest BCUT2D eigenvalue weighted by molar-refractivity contribution is 0.557. The van der Waals surface area contributed by atoms with Gasteiger partial charge in [-0.25, -0.2) is 0 Å². The molecule has 0 N–H and O–H groups in total. The Bertz CT molecular complexity index is 520. The number of hydrogen-bond donors (Lipinski definition) is 0. The highest BCUT2D eigenvalue weighted by Crippen LogP contribution is 2.29. The molecular weight excluding hydrogens is 282 g/mol. The summed E-state index contributed by atoms with van der Waals surface area (Å²) in [5.41, 5.74) is 0.936. The molecule has 1 fully saturated rings. The van der Waals surface area contributed by atoms with Crippen LogP contribution in [0.3, 0.4) is 0 Å². The van der Waals surface area contributed by atoms with E-state index in [-0.39, 0.29) is 0 Å². The quantitative estimate of drug-likeness (QED) is 0.853. The van der Waals surface area contributed by atoms with Crippen LogP contribution < -0.4 is 4.90 Å². The molecule has 0 amide bonds. The van der Waals surface area contributed by atoms with Crippen LogP contribution in [0.1, 0.15) is 12.8 Å². The maximum absolute atomic E-state index is 5.71. The molecule has 0 bridgehead atoms. The van der Waals surface area contributed by atoms with Gasteiger partial charge in [0, 0.05) is 17.6 Å². The molecule has 0 aliphatic carbocycles. The predicted octanol–water partition coefficient (Wildman–Crippen LogP) is 3.10. The molecule has 1 aliphatic heterocycles. The van der Waals surface area contributed by atoms with Crippen molar-refractivity contribution in [2.75, 3.05) is 18.0 Å². The maximum Gasteiger partial charge on any atom is 0.318 e. The summed E-state index contributed by atoms with van der Waals surface area (Å²) >= 11 is 3.48. The van der Waals surface area contributed by atoms with Crippen molar-refractivity contribution >= 4 is 21.9 Å². The minimum atomic E-state index is 0.569. The molecule has 17 heavy (non-hydrogen) atoms. The van der Waals surface area contributed by atoms with E-state index in [1.54, 1.807) is 0 Å². The van der Waals surface area contributed by atoms with Gasteiger partial charge in [-0.15, -0.1) is 5.10 Å². The van der Waals surface area contributed by atoms with Crippen LogP contribution >= 0.6 is 15.9 Å². The molecule has 2 aromatic rings. The van der Waals surface area contributed by atoms with Crippen molar-refractivity contribution in [2.24, 2.45) is 0 Å². The number of aromatic nitrogens is 2. The molecule has 88 valence electrons. The SMILES string of the molecule is Brc1ccccc1-c1nnc(N2CCCC2)o1. The number of nitrogens with zero attached hydrogens (tertiary/aromatic N) is 3. The van der Waals surface area contributed by atoms with Crippen molar-refractivity contribution < 1.29 is 4.42 Å². The van der Waals surface area contributed by atoms with E-state index in [1.165, 1.54) is 12.8 Å². The molecule has 0 saturated carbocycles.